The molecule has 4 nitrogen and oxygen atoms in total. The first-order valence-corrected chi connectivity index (χ1v) is 6.32. The van der Waals surface area contributed by atoms with E-state index in [4.69, 9.17) is 14.7 Å². The predicted molar refractivity (Wildman–Crippen MR) is 78.0 cm³/mol. The highest BCUT2D eigenvalue weighted by atomic mass is 19.1. The second-order valence-corrected chi connectivity index (χ2v) is 4.34. The van der Waals surface area contributed by atoms with Crippen LogP contribution in [0.2, 0.25) is 0 Å². The lowest BCUT2D eigenvalue weighted by molar-refractivity contribution is 0.395. The first-order valence-electron chi connectivity index (χ1n) is 6.32. The number of hydrogen-bond donors (Lipinski definition) is 1. The maximum absolute atomic E-state index is 13.7. The molecule has 0 saturated heterocycles. The molecule has 0 aliphatic rings. The quantitative estimate of drug-likeness (QED) is 0.916. The molecule has 2 aromatic carbocycles. The van der Waals surface area contributed by atoms with Gasteiger partial charge in [0.2, 0.25) is 0 Å². The number of rotatable bonds is 5. The van der Waals surface area contributed by atoms with E-state index in [2.05, 4.69) is 5.32 Å². The second kappa shape index (κ2) is 6.62. The molecule has 0 bridgehead atoms. The Morgan fingerprint density at radius 2 is 1.95 bits per heavy atom. The average molecular weight is 286 g/mol. The van der Waals surface area contributed by atoms with E-state index in [0.717, 1.165) is 5.69 Å². The highest BCUT2D eigenvalue weighted by Gasteiger charge is 2.07. The zero-order chi connectivity index (χ0) is 15.2. The smallest absolute Gasteiger partial charge is 0.145 e. The fourth-order valence-corrected chi connectivity index (χ4v) is 1.91. The number of benzene rings is 2. The fourth-order valence-electron chi connectivity index (χ4n) is 1.91. The molecule has 5 heteroatoms. The first-order chi connectivity index (χ1) is 10.2. The molecule has 2 aromatic rings. The molecular weight excluding hydrogens is 271 g/mol. The summed E-state index contributed by atoms with van der Waals surface area (Å²) in [6, 6.07) is 11.6. The van der Waals surface area contributed by atoms with Gasteiger partial charge < -0.3 is 14.8 Å². The zero-order valence-electron chi connectivity index (χ0n) is 11.8. The van der Waals surface area contributed by atoms with Gasteiger partial charge in [-0.1, -0.05) is 0 Å². The van der Waals surface area contributed by atoms with Crippen LogP contribution in [0.25, 0.3) is 0 Å². The lowest BCUT2D eigenvalue weighted by atomic mass is 10.1. The summed E-state index contributed by atoms with van der Waals surface area (Å²) in [7, 11) is 3.13. The van der Waals surface area contributed by atoms with Crippen LogP contribution in [0, 0.1) is 17.1 Å². The number of nitrogens with one attached hydrogen (secondary N) is 1. The second-order valence-electron chi connectivity index (χ2n) is 4.34. The number of ether oxygens (including phenoxy) is 2. The molecule has 0 saturated carbocycles. The molecule has 0 heterocycles. The van der Waals surface area contributed by atoms with Gasteiger partial charge in [0.1, 0.15) is 17.3 Å². The van der Waals surface area contributed by atoms with Gasteiger partial charge in [-0.05, 0) is 30.3 Å². The van der Waals surface area contributed by atoms with E-state index >= 15 is 0 Å². The highest BCUT2D eigenvalue weighted by Crippen LogP contribution is 2.29. The standard InChI is InChI=1S/C16H15FN2O2/c1-20-13-4-6-15(16(8-13)21-2)19-10-12-7-11(9-18)3-5-14(12)17/h3-8,19H,10H2,1-2H3. The number of methoxy groups -OCH3 is 2. The zero-order valence-corrected chi connectivity index (χ0v) is 11.8. The molecule has 0 fully saturated rings. The number of nitrogens with zero attached hydrogens (tertiary/aromatic N) is 1. The molecular formula is C16H15FN2O2. The summed E-state index contributed by atoms with van der Waals surface area (Å²) in [5, 5.41) is 11.9. The largest absolute Gasteiger partial charge is 0.497 e. The Morgan fingerprint density at radius 3 is 2.62 bits per heavy atom. The Labute approximate surface area is 122 Å². The van der Waals surface area contributed by atoms with Crippen molar-refractivity contribution in [2.45, 2.75) is 6.54 Å². The van der Waals surface area contributed by atoms with Crippen molar-refractivity contribution in [3.8, 4) is 17.6 Å². The Balaban J connectivity index is 2.18. The van der Waals surface area contributed by atoms with E-state index < -0.39 is 0 Å². The van der Waals surface area contributed by atoms with Crippen LogP contribution in [0.15, 0.2) is 36.4 Å². The van der Waals surface area contributed by atoms with Crippen LogP contribution >= 0.6 is 0 Å². The third kappa shape index (κ3) is 3.42. The summed E-state index contributed by atoms with van der Waals surface area (Å²) in [5.41, 5.74) is 1.57. The van der Waals surface area contributed by atoms with Crippen molar-refractivity contribution in [1.29, 1.82) is 5.26 Å². The fraction of sp³-hybridized carbons (Fsp3) is 0.188. The third-order valence-electron chi connectivity index (χ3n) is 3.05. The molecule has 0 amide bonds. The van der Waals surface area contributed by atoms with Crippen molar-refractivity contribution in [3.05, 3.63) is 53.3 Å². The van der Waals surface area contributed by atoms with Crippen LogP contribution in [-0.4, -0.2) is 14.2 Å². The summed E-state index contributed by atoms with van der Waals surface area (Å²) >= 11 is 0. The number of anilines is 1. The van der Waals surface area contributed by atoms with Crippen molar-refractivity contribution >= 4 is 5.69 Å². The van der Waals surface area contributed by atoms with Gasteiger partial charge in [-0.25, -0.2) is 4.39 Å². The molecule has 0 spiro atoms. The normalized spacial score (nSPS) is 9.81. The van der Waals surface area contributed by atoms with Gasteiger partial charge in [-0.15, -0.1) is 0 Å². The Morgan fingerprint density at radius 1 is 1.14 bits per heavy atom. The summed E-state index contributed by atoms with van der Waals surface area (Å²) in [6.45, 7) is 0.254. The van der Waals surface area contributed by atoms with Gasteiger partial charge in [0.25, 0.3) is 0 Å². The maximum Gasteiger partial charge on any atom is 0.145 e. The van der Waals surface area contributed by atoms with E-state index in [1.54, 1.807) is 32.4 Å². The minimum absolute atomic E-state index is 0.254. The topological polar surface area (TPSA) is 54.3 Å². The summed E-state index contributed by atoms with van der Waals surface area (Å²) in [6.07, 6.45) is 0. The van der Waals surface area contributed by atoms with Crippen LogP contribution in [0.1, 0.15) is 11.1 Å². The molecule has 21 heavy (non-hydrogen) atoms. The Kier molecular flexibility index (Phi) is 4.62. The minimum Gasteiger partial charge on any atom is -0.497 e. The molecule has 2 rings (SSSR count). The Bertz CT molecular complexity index is 680. The van der Waals surface area contributed by atoms with E-state index in [-0.39, 0.29) is 12.4 Å². The third-order valence-corrected chi connectivity index (χ3v) is 3.05. The van der Waals surface area contributed by atoms with E-state index in [1.807, 2.05) is 6.07 Å². The molecule has 1 N–H and O–H groups in total. The molecule has 0 aromatic heterocycles. The molecule has 0 atom stereocenters. The van der Waals surface area contributed by atoms with Crippen LogP contribution in [0.5, 0.6) is 11.5 Å². The average Bonchev–Trinajstić information content (AvgIpc) is 2.54. The van der Waals surface area contributed by atoms with Gasteiger partial charge in [0.15, 0.2) is 0 Å². The van der Waals surface area contributed by atoms with Gasteiger partial charge in [0, 0.05) is 18.2 Å². The number of nitriles is 1. The van der Waals surface area contributed by atoms with Crippen LogP contribution < -0.4 is 14.8 Å². The van der Waals surface area contributed by atoms with Gasteiger partial charge in [0.05, 0.1) is 31.5 Å². The maximum atomic E-state index is 13.7. The van der Waals surface area contributed by atoms with E-state index in [9.17, 15) is 4.39 Å². The molecule has 0 unspecified atom stereocenters. The molecule has 108 valence electrons. The van der Waals surface area contributed by atoms with Crippen molar-refractivity contribution in [2.24, 2.45) is 0 Å². The van der Waals surface area contributed by atoms with E-state index in [1.165, 1.54) is 18.2 Å². The summed E-state index contributed by atoms with van der Waals surface area (Å²) in [4.78, 5) is 0. The summed E-state index contributed by atoms with van der Waals surface area (Å²) in [5.74, 6) is 0.926. The highest BCUT2D eigenvalue weighted by molar-refractivity contribution is 5.59. The molecule has 0 radical (unpaired) electrons. The van der Waals surface area contributed by atoms with Crippen LogP contribution in [0.3, 0.4) is 0 Å². The Hall–Kier alpha value is -2.74. The van der Waals surface area contributed by atoms with Gasteiger partial charge in [-0.2, -0.15) is 5.26 Å². The summed E-state index contributed by atoms with van der Waals surface area (Å²) < 4.78 is 24.1. The first kappa shape index (κ1) is 14.7. The van der Waals surface area contributed by atoms with Crippen LogP contribution in [0.4, 0.5) is 10.1 Å². The predicted octanol–water partition coefficient (Wildman–Crippen LogP) is 3.33. The van der Waals surface area contributed by atoms with E-state index in [0.29, 0.717) is 22.6 Å². The van der Waals surface area contributed by atoms with Gasteiger partial charge >= 0.3 is 0 Å². The number of halogens is 1. The van der Waals surface area contributed by atoms with Crippen molar-refractivity contribution < 1.29 is 13.9 Å². The monoisotopic (exact) mass is 286 g/mol. The van der Waals surface area contributed by atoms with Crippen molar-refractivity contribution in [2.75, 3.05) is 19.5 Å². The molecule has 0 aliphatic carbocycles. The number of hydrogen-bond acceptors (Lipinski definition) is 4. The van der Waals surface area contributed by atoms with Gasteiger partial charge in [-0.3, -0.25) is 0 Å². The van der Waals surface area contributed by atoms with Crippen LogP contribution in [-0.2, 0) is 6.54 Å². The minimum atomic E-state index is -0.353. The van der Waals surface area contributed by atoms with Crippen molar-refractivity contribution in [3.63, 3.8) is 0 Å². The lowest BCUT2D eigenvalue weighted by Gasteiger charge is -2.13. The lowest BCUT2D eigenvalue weighted by Crippen LogP contribution is -2.04. The molecule has 0 aliphatic heterocycles. The SMILES string of the molecule is COc1ccc(NCc2cc(C#N)ccc2F)c(OC)c1. The van der Waals surface area contributed by atoms with Crippen molar-refractivity contribution in [1.82, 2.24) is 0 Å².